The lowest BCUT2D eigenvalue weighted by atomic mass is 9.68. The smallest absolute Gasteiger partial charge is 0.184 e. The van der Waals surface area contributed by atoms with E-state index in [0.717, 1.165) is 6.42 Å². The Labute approximate surface area is 126 Å². The van der Waals surface area contributed by atoms with Crippen molar-refractivity contribution < 1.29 is 4.43 Å². The van der Waals surface area contributed by atoms with Crippen molar-refractivity contribution in [3.63, 3.8) is 0 Å². The summed E-state index contributed by atoms with van der Waals surface area (Å²) in [6.07, 6.45) is 19.2. The van der Waals surface area contributed by atoms with Crippen LogP contribution >= 0.6 is 0 Å². The van der Waals surface area contributed by atoms with E-state index in [0.29, 0.717) is 5.92 Å². The van der Waals surface area contributed by atoms with Gasteiger partial charge in [-0.25, -0.2) is 0 Å². The minimum atomic E-state index is -1.58. The van der Waals surface area contributed by atoms with Crippen molar-refractivity contribution in [2.24, 2.45) is 5.92 Å². The van der Waals surface area contributed by atoms with E-state index in [1.54, 1.807) is 5.57 Å². The Morgan fingerprint density at radius 3 is 2.70 bits per heavy atom. The van der Waals surface area contributed by atoms with Crippen LogP contribution in [0.2, 0.25) is 19.6 Å². The van der Waals surface area contributed by atoms with Crippen molar-refractivity contribution in [3.05, 3.63) is 11.6 Å². The summed E-state index contributed by atoms with van der Waals surface area (Å²) >= 11 is 0. The lowest BCUT2D eigenvalue weighted by molar-refractivity contribution is -0.000207. The van der Waals surface area contributed by atoms with Crippen LogP contribution in [0.3, 0.4) is 0 Å². The van der Waals surface area contributed by atoms with Crippen LogP contribution in [0.1, 0.15) is 57.8 Å². The third kappa shape index (κ3) is 3.57. The Balaban J connectivity index is 2.35. The second-order valence-electron chi connectivity index (χ2n) is 7.43. The molecule has 0 saturated heterocycles. The molecule has 2 aliphatic rings. The largest absolute Gasteiger partial charge is 0.408 e. The van der Waals surface area contributed by atoms with Crippen molar-refractivity contribution in [1.29, 1.82) is 0 Å². The van der Waals surface area contributed by atoms with Gasteiger partial charge in [0.25, 0.3) is 0 Å². The van der Waals surface area contributed by atoms with Gasteiger partial charge in [-0.2, -0.15) is 0 Å². The molecule has 1 nitrogen and oxygen atoms in total. The summed E-state index contributed by atoms with van der Waals surface area (Å²) in [5.41, 5.74) is 1.57. The predicted molar refractivity (Wildman–Crippen MR) is 89.1 cm³/mol. The van der Waals surface area contributed by atoms with E-state index >= 15 is 0 Å². The van der Waals surface area contributed by atoms with Gasteiger partial charge in [0, 0.05) is 12.3 Å². The highest BCUT2D eigenvalue weighted by Gasteiger charge is 2.46. The highest BCUT2D eigenvalue weighted by Crippen LogP contribution is 2.47. The van der Waals surface area contributed by atoms with Crippen LogP contribution in [0.15, 0.2) is 11.6 Å². The molecule has 2 unspecified atom stereocenters. The zero-order valence-corrected chi connectivity index (χ0v) is 14.5. The number of terminal acetylenes is 1. The van der Waals surface area contributed by atoms with E-state index < -0.39 is 8.32 Å². The fourth-order valence-corrected chi connectivity index (χ4v) is 5.51. The average molecular weight is 291 g/mol. The number of allylic oxidation sites excluding steroid dienone is 1. The van der Waals surface area contributed by atoms with Gasteiger partial charge in [0.05, 0.1) is 5.60 Å². The van der Waals surface area contributed by atoms with Crippen LogP contribution < -0.4 is 0 Å². The van der Waals surface area contributed by atoms with Gasteiger partial charge in [-0.15, -0.1) is 12.3 Å². The number of rotatable bonds is 4. The fourth-order valence-electron chi connectivity index (χ4n) is 4.02. The quantitative estimate of drug-likeness (QED) is 0.388. The molecule has 0 amide bonds. The summed E-state index contributed by atoms with van der Waals surface area (Å²) in [6.45, 7) is 6.96. The van der Waals surface area contributed by atoms with Gasteiger partial charge in [-0.1, -0.05) is 18.9 Å². The van der Waals surface area contributed by atoms with Gasteiger partial charge in [0.2, 0.25) is 0 Å². The zero-order valence-electron chi connectivity index (χ0n) is 13.5. The second kappa shape index (κ2) is 6.50. The van der Waals surface area contributed by atoms with Crippen LogP contribution in [0.25, 0.3) is 0 Å². The Kier molecular flexibility index (Phi) is 5.15. The molecule has 2 rings (SSSR count). The molecule has 0 aromatic rings. The fraction of sp³-hybridized carbons (Fsp3) is 0.778. The van der Waals surface area contributed by atoms with Crippen LogP contribution in [-0.4, -0.2) is 13.9 Å². The maximum atomic E-state index is 6.85. The third-order valence-electron chi connectivity index (χ3n) is 4.70. The van der Waals surface area contributed by atoms with E-state index in [2.05, 4.69) is 31.6 Å². The third-order valence-corrected chi connectivity index (χ3v) is 5.67. The molecule has 0 radical (unpaired) electrons. The minimum absolute atomic E-state index is 0.0183. The van der Waals surface area contributed by atoms with Gasteiger partial charge < -0.3 is 4.43 Å². The Morgan fingerprint density at radius 1 is 1.30 bits per heavy atom. The first-order chi connectivity index (χ1) is 9.48. The summed E-state index contributed by atoms with van der Waals surface area (Å²) < 4.78 is 6.85. The lowest BCUT2D eigenvalue weighted by Crippen LogP contribution is -2.51. The van der Waals surface area contributed by atoms with Crippen molar-refractivity contribution in [2.45, 2.75) is 83.0 Å². The van der Waals surface area contributed by atoms with Crippen molar-refractivity contribution in [1.82, 2.24) is 0 Å². The maximum Gasteiger partial charge on any atom is 0.184 e. The van der Waals surface area contributed by atoms with Gasteiger partial charge >= 0.3 is 0 Å². The molecule has 0 N–H and O–H groups in total. The zero-order chi connectivity index (χ0) is 14.6. The maximum absolute atomic E-state index is 6.85. The molecular formula is C18H30OSi. The van der Waals surface area contributed by atoms with Crippen molar-refractivity contribution in [2.75, 3.05) is 0 Å². The highest BCUT2D eigenvalue weighted by atomic mass is 28.4. The van der Waals surface area contributed by atoms with Gasteiger partial charge in [-0.05, 0) is 63.7 Å². The Bertz CT molecular complexity index is 399. The summed E-state index contributed by atoms with van der Waals surface area (Å²) in [5.74, 6) is 3.46. The molecule has 112 valence electrons. The molecule has 0 aromatic carbocycles. The molecule has 20 heavy (non-hydrogen) atoms. The van der Waals surface area contributed by atoms with Gasteiger partial charge in [0.1, 0.15) is 0 Å². The second-order valence-corrected chi connectivity index (χ2v) is 11.9. The SMILES string of the molecule is C#CCC1CCCCC1(O[Si](C)(C)C)C1=CCCCC1. The molecule has 0 bridgehead atoms. The number of hydrogen-bond donors (Lipinski definition) is 0. The predicted octanol–water partition coefficient (Wildman–Crippen LogP) is 5.29. The summed E-state index contributed by atoms with van der Waals surface area (Å²) in [4.78, 5) is 0. The highest BCUT2D eigenvalue weighted by molar-refractivity contribution is 6.69. The van der Waals surface area contributed by atoms with Crippen molar-refractivity contribution in [3.8, 4) is 12.3 Å². The van der Waals surface area contributed by atoms with Crippen LogP contribution in [0, 0.1) is 18.3 Å². The summed E-state index contributed by atoms with van der Waals surface area (Å²) in [7, 11) is -1.58. The molecule has 2 heteroatoms. The van der Waals surface area contributed by atoms with Crippen molar-refractivity contribution >= 4 is 8.32 Å². The topological polar surface area (TPSA) is 9.23 Å². The van der Waals surface area contributed by atoms with E-state index in [9.17, 15) is 0 Å². The monoisotopic (exact) mass is 290 g/mol. The average Bonchev–Trinajstić information content (AvgIpc) is 2.41. The summed E-state index contributed by atoms with van der Waals surface area (Å²) in [5, 5.41) is 0. The molecule has 0 spiro atoms. The Hall–Kier alpha value is -0.523. The first-order valence-corrected chi connectivity index (χ1v) is 11.7. The van der Waals surface area contributed by atoms with Crippen LogP contribution in [-0.2, 0) is 4.43 Å². The lowest BCUT2D eigenvalue weighted by Gasteiger charge is -2.49. The van der Waals surface area contributed by atoms with Gasteiger partial charge in [0.15, 0.2) is 8.32 Å². The molecule has 1 fully saturated rings. The molecule has 0 aromatic heterocycles. The van der Waals surface area contributed by atoms with E-state index in [1.807, 2.05) is 0 Å². The first-order valence-electron chi connectivity index (χ1n) is 8.31. The minimum Gasteiger partial charge on any atom is -0.408 e. The normalized spacial score (nSPS) is 31.5. The first kappa shape index (κ1) is 15.9. The Morgan fingerprint density at radius 2 is 2.10 bits per heavy atom. The van der Waals surface area contributed by atoms with E-state index in [4.69, 9.17) is 10.8 Å². The molecule has 0 heterocycles. The number of hydrogen-bond acceptors (Lipinski definition) is 1. The van der Waals surface area contributed by atoms with Gasteiger partial charge in [-0.3, -0.25) is 0 Å². The van der Waals surface area contributed by atoms with Crippen LogP contribution in [0.4, 0.5) is 0 Å². The molecule has 0 aliphatic heterocycles. The standard InChI is InChI=1S/C18H30OSi/c1-5-11-16-14-9-10-15-18(16,19-20(2,3)4)17-12-7-6-8-13-17/h1,12,16H,6-11,13-15H2,2-4H3. The molecule has 2 aliphatic carbocycles. The van der Waals surface area contributed by atoms with E-state index in [-0.39, 0.29) is 5.60 Å². The van der Waals surface area contributed by atoms with Crippen LogP contribution in [0.5, 0.6) is 0 Å². The van der Waals surface area contributed by atoms with E-state index in [1.165, 1.54) is 51.4 Å². The molecule has 1 saturated carbocycles. The summed E-state index contributed by atoms with van der Waals surface area (Å²) in [6, 6.07) is 0. The molecule has 2 atom stereocenters. The molecular weight excluding hydrogens is 260 g/mol.